The van der Waals surface area contributed by atoms with Crippen LogP contribution in [0, 0.1) is 17.8 Å². The van der Waals surface area contributed by atoms with Crippen LogP contribution in [-0.2, 0) is 14.4 Å². The van der Waals surface area contributed by atoms with Crippen molar-refractivity contribution in [2.75, 3.05) is 7.05 Å². The highest BCUT2D eigenvalue weighted by Gasteiger charge is 2.67. The Bertz CT molecular complexity index is 985. The van der Waals surface area contributed by atoms with E-state index >= 15 is 0 Å². The van der Waals surface area contributed by atoms with E-state index < -0.39 is 35.3 Å². The van der Waals surface area contributed by atoms with E-state index in [0.717, 1.165) is 21.2 Å². The number of nitrogens with one attached hydrogen (secondary N) is 1. The first-order valence-corrected chi connectivity index (χ1v) is 9.57. The van der Waals surface area contributed by atoms with E-state index in [1.54, 1.807) is 0 Å². The van der Waals surface area contributed by atoms with Crippen LogP contribution in [0.25, 0.3) is 10.8 Å². The lowest BCUT2D eigenvalue weighted by molar-refractivity contribution is -0.151. The third-order valence-electron chi connectivity index (χ3n) is 6.12. The van der Waals surface area contributed by atoms with E-state index in [2.05, 4.69) is 5.32 Å². The predicted octanol–water partition coefficient (Wildman–Crippen LogP) is 2.58. The molecule has 28 heavy (non-hydrogen) atoms. The summed E-state index contributed by atoms with van der Waals surface area (Å²) in [7, 11) is 1.45. The Labute approximate surface area is 163 Å². The van der Waals surface area contributed by atoms with Crippen molar-refractivity contribution in [2.24, 2.45) is 17.8 Å². The van der Waals surface area contributed by atoms with Crippen molar-refractivity contribution in [3.05, 3.63) is 48.0 Å². The molecule has 4 unspecified atom stereocenters. The Morgan fingerprint density at radius 2 is 1.82 bits per heavy atom. The summed E-state index contributed by atoms with van der Waals surface area (Å²) in [6, 6.07) is 13.2. The molecule has 2 aromatic carbocycles. The van der Waals surface area contributed by atoms with Crippen molar-refractivity contribution in [3.63, 3.8) is 0 Å². The van der Waals surface area contributed by atoms with Gasteiger partial charge in [-0.3, -0.25) is 24.6 Å². The molecule has 0 aromatic heterocycles. The Hall–Kier alpha value is -2.73. The van der Waals surface area contributed by atoms with E-state index in [1.807, 2.05) is 56.3 Å². The molecule has 2 fully saturated rings. The Morgan fingerprint density at radius 3 is 2.46 bits per heavy atom. The van der Waals surface area contributed by atoms with Gasteiger partial charge in [0.15, 0.2) is 0 Å². The average Bonchev–Trinajstić information content (AvgIpc) is 3.11. The van der Waals surface area contributed by atoms with Crippen molar-refractivity contribution in [1.29, 1.82) is 0 Å². The van der Waals surface area contributed by atoms with Gasteiger partial charge in [-0.1, -0.05) is 50.2 Å². The van der Waals surface area contributed by atoms with E-state index in [9.17, 15) is 19.5 Å². The first-order valence-electron chi connectivity index (χ1n) is 9.57. The lowest BCUT2D eigenvalue weighted by atomic mass is 9.75. The molecule has 146 valence electrons. The van der Waals surface area contributed by atoms with Gasteiger partial charge in [-0.15, -0.1) is 0 Å². The summed E-state index contributed by atoms with van der Waals surface area (Å²) < 4.78 is 0. The van der Waals surface area contributed by atoms with Crippen LogP contribution in [0.3, 0.4) is 0 Å². The Balaban J connectivity index is 1.86. The zero-order chi connectivity index (χ0) is 20.2. The minimum absolute atomic E-state index is 0.0495. The van der Waals surface area contributed by atoms with Crippen LogP contribution >= 0.6 is 0 Å². The van der Waals surface area contributed by atoms with E-state index in [0.29, 0.717) is 0 Å². The van der Waals surface area contributed by atoms with Crippen LogP contribution in [0.5, 0.6) is 0 Å². The number of nitrogens with zero attached hydrogens (tertiary/aromatic N) is 1. The van der Waals surface area contributed by atoms with Crippen molar-refractivity contribution in [2.45, 2.75) is 31.8 Å². The van der Waals surface area contributed by atoms with Gasteiger partial charge in [-0.25, -0.2) is 0 Å². The fourth-order valence-corrected chi connectivity index (χ4v) is 4.95. The summed E-state index contributed by atoms with van der Waals surface area (Å²) in [5.41, 5.74) is -0.621. The fourth-order valence-electron chi connectivity index (χ4n) is 4.95. The van der Waals surface area contributed by atoms with Crippen molar-refractivity contribution < 1.29 is 19.5 Å². The summed E-state index contributed by atoms with van der Waals surface area (Å²) >= 11 is 0. The molecule has 4 rings (SSSR count). The Kier molecular flexibility index (Phi) is 4.27. The first-order chi connectivity index (χ1) is 13.3. The minimum atomic E-state index is -1.45. The summed E-state index contributed by atoms with van der Waals surface area (Å²) in [6.45, 7) is 3.85. The fraction of sp³-hybridized carbons (Fsp3) is 0.409. The topological polar surface area (TPSA) is 86.7 Å². The zero-order valence-electron chi connectivity index (χ0n) is 16.2. The smallest absolute Gasteiger partial charge is 0.324 e. The summed E-state index contributed by atoms with van der Waals surface area (Å²) in [5, 5.41) is 15.5. The van der Waals surface area contributed by atoms with Crippen molar-refractivity contribution >= 4 is 28.6 Å². The number of likely N-dealkylation sites (tertiary alicyclic amines) is 1. The molecule has 2 heterocycles. The predicted molar refractivity (Wildman–Crippen MR) is 104 cm³/mol. The van der Waals surface area contributed by atoms with Crippen LogP contribution in [0.1, 0.15) is 31.9 Å². The van der Waals surface area contributed by atoms with Gasteiger partial charge >= 0.3 is 5.97 Å². The van der Waals surface area contributed by atoms with Gasteiger partial charge in [0.05, 0.1) is 11.8 Å². The first kappa shape index (κ1) is 18.6. The molecule has 6 nitrogen and oxygen atoms in total. The molecule has 2 aliphatic rings. The molecule has 4 atom stereocenters. The van der Waals surface area contributed by atoms with Crippen LogP contribution in [0.4, 0.5) is 0 Å². The standard InChI is InChI=1S/C22H24N2O4/c1-12(2)11-22(21(27)28)17-16(19(25)24(3)20(17)26)18(23-22)15-9-8-13-6-4-5-7-14(13)10-15/h4-10,12,16-18,23H,11H2,1-3H3,(H,27,28). The highest BCUT2D eigenvalue weighted by Crippen LogP contribution is 2.50. The van der Waals surface area contributed by atoms with Gasteiger partial charge in [0, 0.05) is 13.1 Å². The third-order valence-corrected chi connectivity index (χ3v) is 6.12. The van der Waals surface area contributed by atoms with E-state index in [4.69, 9.17) is 0 Å². The minimum Gasteiger partial charge on any atom is -0.480 e. The molecule has 2 saturated heterocycles. The van der Waals surface area contributed by atoms with Crippen LogP contribution in [0.15, 0.2) is 42.5 Å². The second kappa shape index (κ2) is 6.41. The number of hydrogen-bond acceptors (Lipinski definition) is 4. The molecular weight excluding hydrogens is 356 g/mol. The lowest BCUT2D eigenvalue weighted by Gasteiger charge is -2.32. The van der Waals surface area contributed by atoms with Crippen LogP contribution in [0.2, 0.25) is 0 Å². The third kappa shape index (κ3) is 2.55. The number of carbonyl (C=O) groups excluding carboxylic acids is 2. The number of carboxylic acids is 1. The number of imide groups is 1. The number of amides is 2. The monoisotopic (exact) mass is 380 g/mol. The molecule has 0 saturated carbocycles. The molecule has 6 heteroatoms. The Morgan fingerprint density at radius 1 is 1.14 bits per heavy atom. The zero-order valence-corrected chi connectivity index (χ0v) is 16.2. The van der Waals surface area contributed by atoms with Crippen molar-refractivity contribution in [3.8, 4) is 0 Å². The van der Waals surface area contributed by atoms with Crippen LogP contribution in [-0.4, -0.2) is 40.4 Å². The molecule has 2 aliphatic heterocycles. The number of aliphatic carboxylic acids is 1. The van der Waals surface area contributed by atoms with Gasteiger partial charge in [-0.05, 0) is 34.7 Å². The highest BCUT2D eigenvalue weighted by molar-refractivity contribution is 6.09. The molecule has 0 spiro atoms. The number of fused-ring (bicyclic) bond motifs is 2. The number of carboxylic acid groups (broad SMARTS) is 1. The van der Waals surface area contributed by atoms with Crippen molar-refractivity contribution in [1.82, 2.24) is 10.2 Å². The lowest BCUT2D eigenvalue weighted by Crippen LogP contribution is -2.56. The molecule has 2 N–H and O–H groups in total. The maximum Gasteiger partial charge on any atom is 0.324 e. The largest absolute Gasteiger partial charge is 0.480 e. The van der Waals surface area contributed by atoms with Gasteiger partial charge in [-0.2, -0.15) is 0 Å². The molecular formula is C22H24N2O4. The SMILES string of the molecule is CC(C)CC1(C(=O)O)NC(c2ccc3ccccc3c2)C2C(=O)N(C)C(=O)C21. The van der Waals surface area contributed by atoms with Gasteiger partial charge in [0.2, 0.25) is 11.8 Å². The van der Waals surface area contributed by atoms with E-state index in [1.165, 1.54) is 7.05 Å². The molecule has 0 radical (unpaired) electrons. The maximum absolute atomic E-state index is 12.9. The summed E-state index contributed by atoms with van der Waals surface area (Å²) in [5.74, 6) is -3.36. The second-order valence-electron chi connectivity index (χ2n) is 8.34. The second-order valence-corrected chi connectivity index (χ2v) is 8.34. The maximum atomic E-state index is 12.9. The highest BCUT2D eigenvalue weighted by atomic mass is 16.4. The van der Waals surface area contributed by atoms with Gasteiger partial charge in [0.25, 0.3) is 0 Å². The van der Waals surface area contributed by atoms with Crippen LogP contribution < -0.4 is 5.32 Å². The molecule has 2 amide bonds. The molecule has 0 aliphatic carbocycles. The number of hydrogen-bond donors (Lipinski definition) is 2. The molecule has 2 aromatic rings. The number of rotatable bonds is 4. The summed E-state index contributed by atoms with van der Waals surface area (Å²) in [6.07, 6.45) is 0.278. The quantitative estimate of drug-likeness (QED) is 0.796. The van der Waals surface area contributed by atoms with Gasteiger partial charge < -0.3 is 5.11 Å². The van der Waals surface area contributed by atoms with E-state index in [-0.39, 0.29) is 18.2 Å². The molecule has 0 bridgehead atoms. The summed E-state index contributed by atoms with van der Waals surface area (Å²) in [4.78, 5) is 39.3. The normalized spacial score (nSPS) is 29.7. The number of carbonyl (C=O) groups is 3. The average molecular weight is 380 g/mol. The van der Waals surface area contributed by atoms with Gasteiger partial charge in [0.1, 0.15) is 5.54 Å². The number of benzene rings is 2.